The normalized spacial score (nSPS) is 12.8. The van der Waals surface area contributed by atoms with Gasteiger partial charge in [-0.1, -0.05) is 0 Å². The number of anilines is 2. The Balaban J connectivity index is 1.87. The number of rotatable bonds is 3. The zero-order chi connectivity index (χ0) is 14.3. The van der Waals surface area contributed by atoms with E-state index < -0.39 is 0 Å². The molecule has 0 saturated heterocycles. The molecule has 5 heteroatoms. The van der Waals surface area contributed by atoms with Gasteiger partial charge in [-0.3, -0.25) is 0 Å². The second-order valence-electron chi connectivity index (χ2n) is 4.98. The van der Waals surface area contributed by atoms with Crippen LogP contribution in [-0.2, 0) is 0 Å². The van der Waals surface area contributed by atoms with Crippen LogP contribution in [-0.4, -0.2) is 4.98 Å². The average molecular weight is 287 g/mol. The number of nitrogens with two attached hydrogens (primary N) is 1. The molecule has 2 aromatic heterocycles. The topological polar surface area (TPSA) is 64.1 Å². The monoisotopic (exact) mass is 287 g/mol. The highest BCUT2D eigenvalue weighted by atomic mass is 32.1. The number of nitrogens with one attached hydrogen (secondary N) is 1. The van der Waals surface area contributed by atoms with Gasteiger partial charge in [0, 0.05) is 15.4 Å². The van der Waals surface area contributed by atoms with E-state index in [1.54, 1.807) is 0 Å². The van der Waals surface area contributed by atoms with Gasteiger partial charge in [-0.25, -0.2) is 0 Å². The van der Waals surface area contributed by atoms with Crippen molar-refractivity contribution in [1.82, 2.24) is 4.98 Å². The zero-order valence-corrected chi connectivity index (χ0v) is 12.5. The molecule has 1 aromatic carbocycles. The lowest BCUT2D eigenvalue weighted by atomic mass is 10.1. The molecule has 0 aliphatic carbocycles. The second-order valence-corrected chi connectivity index (χ2v) is 6.44. The summed E-state index contributed by atoms with van der Waals surface area (Å²) in [5.74, 6) is 0. The highest BCUT2D eigenvalue weighted by Gasteiger charge is 2.14. The summed E-state index contributed by atoms with van der Waals surface area (Å²) < 4.78 is 5.69. The Hall–Kier alpha value is -2.01. The first-order valence-corrected chi connectivity index (χ1v) is 7.34. The number of hydrogen-bond donors (Lipinski definition) is 2. The van der Waals surface area contributed by atoms with E-state index in [2.05, 4.69) is 37.1 Å². The van der Waals surface area contributed by atoms with Gasteiger partial charge in [0.25, 0.3) is 6.01 Å². The minimum absolute atomic E-state index is 0.158. The van der Waals surface area contributed by atoms with E-state index in [0.717, 1.165) is 11.1 Å². The van der Waals surface area contributed by atoms with Crippen molar-refractivity contribution < 1.29 is 4.42 Å². The van der Waals surface area contributed by atoms with Crippen LogP contribution in [0.4, 0.5) is 11.7 Å². The SMILES string of the molecule is Cc1cc(C(C)Nc2nc3cc(N)ccc3o2)c(C)s1. The summed E-state index contributed by atoms with van der Waals surface area (Å²) in [5, 5.41) is 3.31. The van der Waals surface area contributed by atoms with Gasteiger partial charge in [-0.2, -0.15) is 4.98 Å². The van der Waals surface area contributed by atoms with E-state index in [4.69, 9.17) is 10.2 Å². The first kappa shape index (κ1) is 13.0. The second kappa shape index (κ2) is 4.83. The largest absolute Gasteiger partial charge is 0.424 e. The molecule has 3 N–H and O–H groups in total. The minimum atomic E-state index is 0.158. The molecule has 104 valence electrons. The molecule has 0 aliphatic rings. The van der Waals surface area contributed by atoms with Gasteiger partial charge in [0.1, 0.15) is 5.52 Å². The number of hydrogen-bond acceptors (Lipinski definition) is 5. The summed E-state index contributed by atoms with van der Waals surface area (Å²) in [7, 11) is 0. The Bertz CT molecular complexity index is 760. The van der Waals surface area contributed by atoms with Crippen LogP contribution in [0.5, 0.6) is 0 Å². The number of nitrogens with zero attached hydrogens (tertiary/aromatic N) is 1. The maximum absolute atomic E-state index is 5.75. The molecule has 1 atom stereocenters. The van der Waals surface area contributed by atoms with Crippen molar-refractivity contribution in [2.75, 3.05) is 11.1 Å². The van der Waals surface area contributed by atoms with Gasteiger partial charge < -0.3 is 15.5 Å². The van der Waals surface area contributed by atoms with Crippen LogP contribution in [0.1, 0.15) is 28.3 Å². The predicted molar refractivity (Wildman–Crippen MR) is 84.3 cm³/mol. The Morgan fingerprint density at radius 3 is 2.80 bits per heavy atom. The molecule has 4 nitrogen and oxygen atoms in total. The summed E-state index contributed by atoms with van der Waals surface area (Å²) in [5.41, 5.74) is 9.24. The van der Waals surface area contributed by atoms with E-state index in [9.17, 15) is 0 Å². The molecule has 0 bridgehead atoms. The summed E-state index contributed by atoms with van der Waals surface area (Å²) in [4.78, 5) is 7.06. The number of aromatic nitrogens is 1. The standard InChI is InChI=1S/C15H17N3OS/c1-8-6-12(10(3)20-8)9(2)17-15-18-13-7-11(16)4-5-14(13)19-15/h4-7,9H,16H2,1-3H3,(H,17,18). The molecular formula is C15H17N3OS. The first-order valence-electron chi connectivity index (χ1n) is 6.52. The minimum Gasteiger partial charge on any atom is -0.424 e. The molecule has 0 spiro atoms. The van der Waals surface area contributed by atoms with Crippen LogP contribution in [0.2, 0.25) is 0 Å². The molecule has 0 fully saturated rings. The first-order chi connectivity index (χ1) is 9.52. The third-order valence-corrected chi connectivity index (χ3v) is 4.28. The number of aryl methyl sites for hydroxylation is 2. The van der Waals surface area contributed by atoms with E-state index in [1.807, 2.05) is 29.5 Å². The van der Waals surface area contributed by atoms with Crippen LogP contribution in [0.15, 0.2) is 28.7 Å². The van der Waals surface area contributed by atoms with Crippen LogP contribution < -0.4 is 11.1 Å². The highest BCUT2D eigenvalue weighted by Crippen LogP contribution is 2.29. The van der Waals surface area contributed by atoms with Crippen LogP contribution in [0.25, 0.3) is 11.1 Å². The molecule has 0 radical (unpaired) electrons. The zero-order valence-electron chi connectivity index (χ0n) is 11.7. The van der Waals surface area contributed by atoms with Crippen molar-refractivity contribution in [3.63, 3.8) is 0 Å². The lowest BCUT2D eigenvalue weighted by Gasteiger charge is -2.11. The lowest BCUT2D eigenvalue weighted by molar-refractivity contribution is 0.604. The maximum atomic E-state index is 5.75. The van der Waals surface area contributed by atoms with Gasteiger partial charge in [0.15, 0.2) is 5.58 Å². The van der Waals surface area contributed by atoms with Crippen molar-refractivity contribution in [3.8, 4) is 0 Å². The fraction of sp³-hybridized carbons (Fsp3) is 0.267. The Labute approximate surface area is 121 Å². The molecular weight excluding hydrogens is 270 g/mol. The van der Waals surface area contributed by atoms with Crippen molar-refractivity contribution in [1.29, 1.82) is 0 Å². The van der Waals surface area contributed by atoms with Gasteiger partial charge >= 0.3 is 0 Å². The molecule has 3 rings (SSSR count). The van der Waals surface area contributed by atoms with E-state index in [-0.39, 0.29) is 6.04 Å². The molecule has 3 aromatic rings. The van der Waals surface area contributed by atoms with Crippen LogP contribution >= 0.6 is 11.3 Å². The van der Waals surface area contributed by atoms with Gasteiger partial charge in [-0.05, 0) is 50.6 Å². The number of fused-ring (bicyclic) bond motifs is 1. The van der Waals surface area contributed by atoms with Crippen molar-refractivity contribution in [2.45, 2.75) is 26.8 Å². The van der Waals surface area contributed by atoms with Crippen LogP contribution in [0, 0.1) is 13.8 Å². The van der Waals surface area contributed by atoms with Crippen molar-refractivity contribution in [2.24, 2.45) is 0 Å². The number of nitrogen functional groups attached to an aromatic ring is 1. The molecule has 0 aliphatic heterocycles. The number of oxazole rings is 1. The quantitative estimate of drug-likeness (QED) is 0.706. The van der Waals surface area contributed by atoms with Crippen molar-refractivity contribution >= 4 is 34.1 Å². The summed E-state index contributed by atoms with van der Waals surface area (Å²) in [6.45, 7) is 6.37. The smallest absolute Gasteiger partial charge is 0.296 e. The Kier molecular flexibility index (Phi) is 3.14. The molecule has 20 heavy (non-hydrogen) atoms. The number of thiophene rings is 1. The molecule has 1 unspecified atom stereocenters. The third kappa shape index (κ3) is 2.36. The lowest BCUT2D eigenvalue weighted by Crippen LogP contribution is -2.06. The molecule has 0 amide bonds. The fourth-order valence-electron chi connectivity index (χ4n) is 2.35. The van der Waals surface area contributed by atoms with Crippen molar-refractivity contribution in [3.05, 3.63) is 39.6 Å². The fourth-order valence-corrected chi connectivity index (χ4v) is 3.37. The Morgan fingerprint density at radius 2 is 2.10 bits per heavy atom. The molecule has 2 heterocycles. The third-order valence-electron chi connectivity index (χ3n) is 3.30. The highest BCUT2D eigenvalue weighted by molar-refractivity contribution is 7.12. The number of benzene rings is 1. The average Bonchev–Trinajstić information content (AvgIpc) is 2.91. The molecule has 0 saturated carbocycles. The van der Waals surface area contributed by atoms with Gasteiger partial charge in [0.05, 0.1) is 6.04 Å². The van der Waals surface area contributed by atoms with E-state index in [1.165, 1.54) is 15.3 Å². The Morgan fingerprint density at radius 1 is 1.30 bits per heavy atom. The van der Waals surface area contributed by atoms with E-state index in [0.29, 0.717) is 11.7 Å². The van der Waals surface area contributed by atoms with Gasteiger partial charge in [0.2, 0.25) is 0 Å². The summed E-state index contributed by atoms with van der Waals surface area (Å²) in [6, 6.07) is 8.36. The summed E-state index contributed by atoms with van der Waals surface area (Å²) >= 11 is 1.81. The maximum Gasteiger partial charge on any atom is 0.296 e. The summed E-state index contributed by atoms with van der Waals surface area (Å²) in [6.07, 6.45) is 0. The van der Waals surface area contributed by atoms with Crippen LogP contribution in [0.3, 0.4) is 0 Å². The predicted octanol–water partition coefficient (Wildman–Crippen LogP) is 4.26. The van der Waals surface area contributed by atoms with E-state index >= 15 is 0 Å². The van der Waals surface area contributed by atoms with Gasteiger partial charge in [-0.15, -0.1) is 11.3 Å².